The zero-order valence-corrected chi connectivity index (χ0v) is 19.7. The highest BCUT2D eigenvalue weighted by Crippen LogP contribution is 2.48. The fourth-order valence-corrected chi connectivity index (χ4v) is 6.71. The average Bonchev–Trinajstić information content (AvgIpc) is 2.77. The molecule has 0 aromatic heterocycles. The summed E-state index contributed by atoms with van der Waals surface area (Å²) in [6.07, 6.45) is 15.4. The van der Waals surface area contributed by atoms with Crippen LogP contribution in [0.5, 0.6) is 0 Å². The van der Waals surface area contributed by atoms with Crippen LogP contribution in [-0.2, 0) is 17.6 Å². The molecule has 0 N–H and O–H groups in total. The molecular formula is C28H42F2O. The molecule has 0 heterocycles. The van der Waals surface area contributed by atoms with Crippen LogP contribution in [0, 0.1) is 29.4 Å². The van der Waals surface area contributed by atoms with Crippen molar-refractivity contribution in [3.05, 3.63) is 34.4 Å². The summed E-state index contributed by atoms with van der Waals surface area (Å²) in [6.45, 7) is 5.29. The quantitative estimate of drug-likeness (QED) is 0.377. The fraction of sp³-hybridized carbons (Fsp3) is 0.786. The van der Waals surface area contributed by atoms with Crippen molar-refractivity contribution >= 4 is 0 Å². The molecule has 5 atom stereocenters. The Morgan fingerprint density at radius 2 is 1.71 bits per heavy atom. The van der Waals surface area contributed by atoms with E-state index in [4.69, 9.17) is 4.74 Å². The van der Waals surface area contributed by atoms with Crippen molar-refractivity contribution in [2.45, 2.75) is 116 Å². The molecule has 0 amide bonds. The van der Waals surface area contributed by atoms with Crippen LogP contribution in [0.3, 0.4) is 0 Å². The molecule has 4 rings (SSSR count). The molecule has 1 nitrogen and oxygen atoms in total. The third-order valence-electron chi connectivity index (χ3n) is 8.55. The highest BCUT2D eigenvalue weighted by molar-refractivity contribution is 5.39. The van der Waals surface area contributed by atoms with Crippen LogP contribution in [0.1, 0.15) is 114 Å². The minimum Gasteiger partial charge on any atom is -0.378 e. The van der Waals surface area contributed by atoms with E-state index < -0.39 is 0 Å². The number of unbranched alkanes of at least 4 members (excludes halogenated alkanes) is 2. The lowest BCUT2D eigenvalue weighted by atomic mass is 9.65. The molecule has 31 heavy (non-hydrogen) atoms. The van der Waals surface area contributed by atoms with Crippen molar-refractivity contribution in [3.63, 3.8) is 0 Å². The van der Waals surface area contributed by atoms with Crippen LogP contribution in [0.2, 0.25) is 0 Å². The Labute approximate surface area is 188 Å². The molecule has 0 radical (unpaired) electrons. The van der Waals surface area contributed by atoms with E-state index in [1.165, 1.54) is 25.7 Å². The van der Waals surface area contributed by atoms with Gasteiger partial charge >= 0.3 is 0 Å². The van der Waals surface area contributed by atoms with Gasteiger partial charge in [-0.05, 0) is 105 Å². The number of benzene rings is 1. The van der Waals surface area contributed by atoms with E-state index in [0.29, 0.717) is 29.4 Å². The molecule has 5 unspecified atom stereocenters. The van der Waals surface area contributed by atoms with Gasteiger partial charge in [-0.1, -0.05) is 39.5 Å². The Balaban J connectivity index is 1.41. The highest BCUT2D eigenvalue weighted by Gasteiger charge is 2.38. The zero-order chi connectivity index (χ0) is 21.8. The van der Waals surface area contributed by atoms with E-state index in [2.05, 4.69) is 13.8 Å². The second kappa shape index (κ2) is 10.8. The van der Waals surface area contributed by atoms with Gasteiger partial charge in [0.1, 0.15) is 11.6 Å². The topological polar surface area (TPSA) is 9.23 Å². The van der Waals surface area contributed by atoms with Crippen molar-refractivity contribution in [2.75, 3.05) is 6.61 Å². The molecule has 2 saturated carbocycles. The van der Waals surface area contributed by atoms with Crippen LogP contribution in [0.15, 0.2) is 6.07 Å². The largest absolute Gasteiger partial charge is 0.378 e. The van der Waals surface area contributed by atoms with E-state index in [-0.39, 0.29) is 17.6 Å². The van der Waals surface area contributed by atoms with Gasteiger partial charge in [0.2, 0.25) is 0 Å². The SMILES string of the molecule is CCCCOC1CCC2CC(c3c(F)cc4c(c3F)CCC(CCCC)C4)CCC2C1. The molecule has 0 spiro atoms. The fourth-order valence-electron chi connectivity index (χ4n) is 6.71. The molecule has 0 bridgehead atoms. The van der Waals surface area contributed by atoms with E-state index in [0.717, 1.165) is 81.9 Å². The molecule has 3 aliphatic carbocycles. The molecular weight excluding hydrogens is 390 g/mol. The Bertz CT molecular complexity index is 730. The highest BCUT2D eigenvalue weighted by atomic mass is 19.1. The summed E-state index contributed by atoms with van der Waals surface area (Å²) in [5.41, 5.74) is 2.20. The first kappa shape index (κ1) is 23.2. The summed E-state index contributed by atoms with van der Waals surface area (Å²) in [5, 5.41) is 0. The number of hydrogen-bond acceptors (Lipinski definition) is 1. The molecule has 3 aliphatic rings. The minimum atomic E-state index is -0.271. The summed E-state index contributed by atoms with van der Waals surface area (Å²) in [6, 6.07) is 1.70. The number of hydrogen-bond donors (Lipinski definition) is 0. The molecule has 3 heteroatoms. The van der Waals surface area contributed by atoms with Crippen LogP contribution in [-0.4, -0.2) is 12.7 Å². The second-order valence-corrected chi connectivity index (χ2v) is 10.7. The van der Waals surface area contributed by atoms with Gasteiger partial charge in [-0.3, -0.25) is 0 Å². The Hall–Kier alpha value is -0.960. The van der Waals surface area contributed by atoms with Gasteiger partial charge in [-0.15, -0.1) is 0 Å². The van der Waals surface area contributed by atoms with Gasteiger partial charge in [0.25, 0.3) is 0 Å². The summed E-state index contributed by atoms with van der Waals surface area (Å²) >= 11 is 0. The first-order valence-corrected chi connectivity index (χ1v) is 13.2. The van der Waals surface area contributed by atoms with E-state index >= 15 is 8.78 Å². The van der Waals surface area contributed by atoms with Gasteiger partial charge in [0.15, 0.2) is 0 Å². The smallest absolute Gasteiger partial charge is 0.133 e. The standard InChI is InChI=1S/C28H42F2O/c1-3-5-7-19-8-13-25-23(15-19)18-26(29)27(28(25)30)22-10-9-21-17-24(31-14-6-4-2)12-11-20(21)16-22/h18-22,24H,3-17H2,1-2H3. The van der Waals surface area contributed by atoms with Crippen LogP contribution >= 0.6 is 0 Å². The Morgan fingerprint density at radius 3 is 2.52 bits per heavy atom. The second-order valence-electron chi connectivity index (χ2n) is 10.7. The van der Waals surface area contributed by atoms with E-state index in [1.54, 1.807) is 6.07 Å². The van der Waals surface area contributed by atoms with Crippen molar-refractivity contribution in [1.29, 1.82) is 0 Å². The van der Waals surface area contributed by atoms with Crippen molar-refractivity contribution < 1.29 is 13.5 Å². The van der Waals surface area contributed by atoms with Crippen LogP contribution in [0.4, 0.5) is 8.78 Å². The third kappa shape index (κ3) is 5.34. The Morgan fingerprint density at radius 1 is 0.935 bits per heavy atom. The third-order valence-corrected chi connectivity index (χ3v) is 8.55. The summed E-state index contributed by atoms with van der Waals surface area (Å²) in [5.74, 6) is 1.48. The lowest BCUT2D eigenvalue weighted by Crippen LogP contribution is -2.34. The van der Waals surface area contributed by atoms with Gasteiger partial charge in [0, 0.05) is 12.2 Å². The first-order chi connectivity index (χ1) is 15.1. The molecule has 0 aliphatic heterocycles. The van der Waals surface area contributed by atoms with Crippen molar-refractivity contribution in [2.24, 2.45) is 17.8 Å². The molecule has 174 valence electrons. The monoisotopic (exact) mass is 432 g/mol. The lowest BCUT2D eigenvalue weighted by Gasteiger charge is -2.42. The average molecular weight is 433 g/mol. The molecule has 1 aromatic rings. The molecule has 2 fully saturated rings. The summed E-state index contributed by atoms with van der Waals surface area (Å²) < 4.78 is 36.9. The van der Waals surface area contributed by atoms with E-state index in [1.807, 2.05) is 0 Å². The number of halogens is 2. The number of rotatable bonds is 8. The van der Waals surface area contributed by atoms with Crippen molar-refractivity contribution in [1.82, 2.24) is 0 Å². The van der Waals surface area contributed by atoms with Crippen LogP contribution in [0.25, 0.3) is 0 Å². The molecule has 1 aromatic carbocycles. The molecule has 0 saturated heterocycles. The van der Waals surface area contributed by atoms with Crippen molar-refractivity contribution in [3.8, 4) is 0 Å². The maximum Gasteiger partial charge on any atom is 0.133 e. The number of fused-ring (bicyclic) bond motifs is 2. The predicted octanol–water partition coefficient (Wildman–Crippen LogP) is 8.13. The zero-order valence-electron chi connectivity index (χ0n) is 19.7. The maximum absolute atomic E-state index is 15.6. The van der Waals surface area contributed by atoms with Gasteiger partial charge in [0.05, 0.1) is 6.10 Å². The van der Waals surface area contributed by atoms with E-state index in [9.17, 15) is 0 Å². The predicted molar refractivity (Wildman–Crippen MR) is 123 cm³/mol. The minimum absolute atomic E-state index is 0.0573. The maximum atomic E-state index is 15.6. The van der Waals surface area contributed by atoms with Gasteiger partial charge in [-0.2, -0.15) is 0 Å². The number of ether oxygens (including phenoxy) is 1. The van der Waals surface area contributed by atoms with Crippen LogP contribution < -0.4 is 0 Å². The first-order valence-electron chi connectivity index (χ1n) is 13.2. The normalized spacial score (nSPS) is 30.6. The lowest BCUT2D eigenvalue weighted by molar-refractivity contribution is -0.0162. The van der Waals surface area contributed by atoms with Gasteiger partial charge in [-0.25, -0.2) is 8.78 Å². The Kier molecular flexibility index (Phi) is 8.06. The summed E-state index contributed by atoms with van der Waals surface area (Å²) in [4.78, 5) is 0. The van der Waals surface area contributed by atoms with Gasteiger partial charge < -0.3 is 4.74 Å². The summed E-state index contributed by atoms with van der Waals surface area (Å²) in [7, 11) is 0.